The molecule has 1 aliphatic rings. The van der Waals surface area contributed by atoms with Gasteiger partial charge >= 0.3 is 0 Å². The van der Waals surface area contributed by atoms with Crippen LogP contribution in [0, 0.1) is 0 Å². The van der Waals surface area contributed by atoms with Gasteiger partial charge in [0.1, 0.15) is 0 Å². The van der Waals surface area contributed by atoms with Gasteiger partial charge in [0, 0.05) is 32.1 Å². The molecule has 0 bridgehead atoms. The lowest BCUT2D eigenvalue weighted by Gasteiger charge is -2.14. The van der Waals surface area contributed by atoms with Crippen molar-refractivity contribution in [2.45, 2.75) is 36.4 Å². The molecule has 1 fully saturated rings. The molecular weight excluding hydrogens is 376 g/mol. The molecule has 0 spiro atoms. The van der Waals surface area contributed by atoms with Crippen molar-refractivity contribution in [2.75, 3.05) is 25.6 Å². The lowest BCUT2D eigenvalue weighted by molar-refractivity contribution is 0.0953. The molecule has 142 valence electrons. The molecule has 0 amide bonds. The molecule has 0 saturated carbocycles. The Kier molecular flexibility index (Phi) is 5.80. The van der Waals surface area contributed by atoms with Gasteiger partial charge in [-0.15, -0.1) is 21.5 Å². The average molecular weight is 401 g/mol. The molecule has 0 aliphatic carbocycles. The van der Waals surface area contributed by atoms with Crippen LogP contribution in [-0.2, 0) is 17.0 Å². The number of benzene rings is 1. The maximum atomic E-state index is 5.87. The number of hydrogen-bond acceptors (Lipinski definition) is 6. The van der Waals surface area contributed by atoms with Crippen LogP contribution >= 0.6 is 23.1 Å². The van der Waals surface area contributed by atoms with Crippen molar-refractivity contribution >= 4 is 28.8 Å². The predicted molar refractivity (Wildman–Crippen MR) is 113 cm³/mol. The first-order chi connectivity index (χ1) is 13.2. The van der Waals surface area contributed by atoms with E-state index in [1.807, 2.05) is 0 Å². The van der Waals surface area contributed by atoms with E-state index in [4.69, 9.17) is 4.74 Å². The van der Waals surface area contributed by atoms with Gasteiger partial charge in [0.05, 0.1) is 17.5 Å². The third kappa shape index (κ3) is 4.36. The van der Waals surface area contributed by atoms with Crippen molar-refractivity contribution in [3.05, 3.63) is 47.3 Å². The largest absolute Gasteiger partial charge is 0.378 e. The van der Waals surface area contributed by atoms with E-state index in [9.17, 15) is 0 Å². The third-order valence-electron chi connectivity index (χ3n) is 4.69. The minimum Gasteiger partial charge on any atom is -0.378 e. The molecule has 1 saturated heterocycles. The maximum absolute atomic E-state index is 5.87. The SMILES string of the molecule is CN(C)c1ccc(CSc2nnc(-c3cccs3)n2C[C@@H]2CCCO2)cc1. The summed E-state index contributed by atoms with van der Waals surface area (Å²) in [5.41, 5.74) is 2.50. The summed E-state index contributed by atoms with van der Waals surface area (Å²) >= 11 is 3.44. The summed E-state index contributed by atoms with van der Waals surface area (Å²) in [6.45, 7) is 1.68. The Morgan fingerprint density at radius 2 is 2.07 bits per heavy atom. The fraction of sp³-hybridized carbons (Fsp3) is 0.400. The zero-order valence-electron chi connectivity index (χ0n) is 15.7. The number of nitrogens with zero attached hydrogens (tertiary/aromatic N) is 4. The van der Waals surface area contributed by atoms with E-state index in [1.54, 1.807) is 23.1 Å². The lowest BCUT2D eigenvalue weighted by Crippen LogP contribution is -2.16. The fourth-order valence-electron chi connectivity index (χ4n) is 3.18. The Morgan fingerprint density at radius 1 is 1.22 bits per heavy atom. The highest BCUT2D eigenvalue weighted by molar-refractivity contribution is 7.98. The summed E-state index contributed by atoms with van der Waals surface area (Å²) in [5, 5.41) is 12.0. The van der Waals surface area contributed by atoms with Gasteiger partial charge in [-0.1, -0.05) is 30.0 Å². The molecule has 0 unspecified atom stereocenters. The van der Waals surface area contributed by atoms with Gasteiger partial charge < -0.3 is 9.64 Å². The molecule has 1 atom stereocenters. The topological polar surface area (TPSA) is 43.2 Å². The minimum atomic E-state index is 0.262. The Hall–Kier alpha value is -1.83. The molecule has 3 heterocycles. The molecule has 27 heavy (non-hydrogen) atoms. The van der Waals surface area contributed by atoms with Crippen LogP contribution in [0.4, 0.5) is 5.69 Å². The van der Waals surface area contributed by atoms with E-state index in [0.717, 1.165) is 47.6 Å². The predicted octanol–water partition coefficient (Wildman–Crippen LogP) is 4.54. The first kappa shape index (κ1) is 18.5. The van der Waals surface area contributed by atoms with Crippen molar-refractivity contribution in [1.29, 1.82) is 0 Å². The van der Waals surface area contributed by atoms with Crippen LogP contribution in [0.5, 0.6) is 0 Å². The lowest BCUT2D eigenvalue weighted by atomic mass is 10.2. The second-order valence-electron chi connectivity index (χ2n) is 6.88. The Balaban J connectivity index is 1.52. The highest BCUT2D eigenvalue weighted by atomic mass is 32.2. The molecule has 7 heteroatoms. The van der Waals surface area contributed by atoms with Gasteiger partial charge in [-0.3, -0.25) is 4.57 Å². The quantitative estimate of drug-likeness (QED) is 0.545. The van der Waals surface area contributed by atoms with Crippen LogP contribution in [0.15, 0.2) is 46.9 Å². The first-order valence-electron chi connectivity index (χ1n) is 9.18. The minimum absolute atomic E-state index is 0.262. The summed E-state index contributed by atoms with van der Waals surface area (Å²) in [6.07, 6.45) is 2.51. The zero-order valence-corrected chi connectivity index (χ0v) is 17.3. The van der Waals surface area contributed by atoms with E-state index in [1.165, 1.54) is 11.3 Å². The van der Waals surface area contributed by atoms with Crippen LogP contribution in [-0.4, -0.2) is 41.6 Å². The van der Waals surface area contributed by atoms with Gasteiger partial charge in [0.15, 0.2) is 11.0 Å². The Bertz CT molecular complexity index is 853. The highest BCUT2D eigenvalue weighted by Crippen LogP contribution is 2.30. The van der Waals surface area contributed by atoms with Crippen LogP contribution in [0.25, 0.3) is 10.7 Å². The van der Waals surface area contributed by atoms with Crippen LogP contribution < -0.4 is 4.90 Å². The summed E-state index contributed by atoms with van der Waals surface area (Å²) < 4.78 is 8.10. The number of thioether (sulfide) groups is 1. The highest BCUT2D eigenvalue weighted by Gasteiger charge is 2.22. The smallest absolute Gasteiger partial charge is 0.191 e. The van der Waals surface area contributed by atoms with Gasteiger partial charge in [-0.05, 0) is 42.0 Å². The summed E-state index contributed by atoms with van der Waals surface area (Å²) in [4.78, 5) is 3.27. The maximum Gasteiger partial charge on any atom is 0.191 e. The van der Waals surface area contributed by atoms with E-state index in [-0.39, 0.29) is 6.10 Å². The first-order valence-corrected chi connectivity index (χ1v) is 11.0. The number of anilines is 1. The Morgan fingerprint density at radius 3 is 2.74 bits per heavy atom. The van der Waals surface area contributed by atoms with E-state index >= 15 is 0 Å². The van der Waals surface area contributed by atoms with Crippen molar-refractivity contribution in [3.8, 4) is 10.7 Å². The number of rotatable bonds is 7. The molecule has 1 aliphatic heterocycles. The van der Waals surface area contributed by atoms with E-state index < -0.39 is 0 Å². The molecule has 0 radical (unpaired) electrons. The van der Waals surface area contributed by atoms with E-state index in [0.29, 0.717) is 0 Å². The third-order valence-corrected chi connectivity index (χ3v) is 6.59. The standard InChI is InChI=1S/C20H24N4OS2/c1-23(2)16-9-7-15(8-10-16)14-27-20-22-21-19(18-6-4-12-26-18)24(20)13-17-5-3-11-25-17/h4,6-10,12,17H,3,5,11,13-14H2,1-2H3/t17-/m0/s1. The monoisotopic (exact) mass is 400 g/mol. The van der Waals surface area contributed by atoms with Crippen LogP contribution in [0.2, 0.25) is 0 Å². The zero-order chi connectivity index (χ0) is 18.6. The molecule has 0 N–H and O–H groups in total. The summed E-state index contributed by atoms with van der Waals surface area (Å²) in [7, 11) is 4.12. The fourth-order valence-corrected chi connectivity index (χ4v) is 4.80. The van der Waals surface area contributed by atoms with Crippen molar-refractivity contribution in [1.82, 2.24) is 14.8 Å². The van der Waals surface area contributed by atoms with E-state index in [2.05, 4.69) is 75.5 Å². The number of hydrogen-bond donors (Lipinski definition) is 0. The van der Waals surface area contributed by atoms with Gasteiger partial charge in [-0.2, -0.15) is 0 Å². The molecule has 4 rings (SSSR count). The second-order valence-corrected chi connectivity index (χ2v) is 8.77. The number of thiophene rings is 1. The molecule has 1 aromatic carbocycles. The summed E-state index contributed by atoms with van der Waals surface area (Å²) in [6, 6.07) is 12.8. The normalized spacial score (nSPS) is 16.7. The Labute approximate surface area is 168 Å². The average Bonchev–Trinajstić information content (AvgIpc) is 3.43. The second kappa shape index (κ2) is 8.46. The van der Waals surface area contributed by atoms with Gasteiger partial charge in [0.25, 0.3) is 0 Å². The molecule has 2 aromatic heterocycles. The van der Waals surface area contributed by atoms with Crippen molar-refractivity contribution < 1.29 is 4.74 Å². The number of aromatic nitrogens is 3. The number of ether oxygens (including phenoxy) is 1. The molecular formula is C20H24N4OS2. The van der Waals surface area contributed by atoms with Gasteiger partial charge in [0.2, 0.25) is 0 Å². The molecule has 3 aromatic rings. The van der Waals surface area contributed by atoms with Crippen LogP contribution in [0.3, 0.4) is 0 Å². The van der Waals surface area contributed by atoms with Crippen LogP contribution in [0.1, 0.15) is 18.4 Å². The molecule has 5 nitrogen and oxygen atoms in total. The van der Waals surface area contributed by atoms with Crippen molar-refractivity contribution in [2.24, 2.45) is 0 Å². The van der Waals surface area contributed by atoms with Gasteiger partial charge in [-0.25, -0.2) is 0 Å². The summed E-state index contributed by atoms with van der Waals surface area (Å²) in [5.74, 6) is 1.83. The van der Waals surface area contributed by atoms with Crippen molar-refractivity contribution in [3.63, 3.8) is 0 Å².